The molecule has 3 aromatic heterocycles. The smallest absolute Gasteiger partial charge is 0.261 e. The van der Waals surface area contributed by atoms with Crippen LogP contribution in [0.15, 0.2) is 29.6 Å². The Labute approximate surface area is 117 Å². The number of rotatable bonds is 3. The number of aromatic amines is 2. The molecular weight excluding hydrogens is 276 g/mol. The van der Waals surface area contributed by atoms with Crippen LogP contribution < -0.4 is 10.9 Å². The van der Waals surface area contributed by atoms with Gasteiger partial charge < -0.3 is 15.3 Å². The Morgan fingerprint density at radius 3 is 3.05 bits per heavy atom. The van der Waals surface area contributed by atoms with E-state index in [-0.39, 0.29) is 11.5 Å². The van der Waals surface area contributed by atoms with Crippen LogP contribution in [-0.2, 0) is 6.54 Å². The summed E-state index contributed by atoms with van der Waals surface area (Å²) < 4.78 is 0. The molecule has 0 atom stereocenters. The van der Waals surface area contributed by atoms with Gasteiger partial charge in [-0.2, -0.15) is 0 Å². The van der Waals surface area contributed by atoms with Crippen LogP contribution in [0.4, 0.5) is 0 Å². The van der Waals surface area contributed by atoms with Gasteiger partial charge in [-0.25, -0.2) is 4.98 Å². The van der Waals surface area contributed by atoms with E-state index in [9.17, 15) is 9.59 Å². The Hall–Kier alpha value is -2.41. The highest BCUT2D eigenvalue weighted by molar-refractivity contribution is 7.20. The van der Waals surface area contributed by atoms with Crippen molar-refractivity contribution in [3.8, 4) is 0 Å². The SMILES string of the molecule is Cc1c(C(=O)NCc2cc[nH]c2)sc2nc[nH]c(=O)c12. The van der Waals surface area contributed by atoms with Gasteiger partial charge in [0.15, 0.2) is 0 Å². The number of thiophene rings is 1. The van der Waals surface area contributed by atoms with Gasteiger partial charge in [0.2, 0.25) is 0 Å². The lowest BCUT2D eigenvalue weighted by atomic mass is 10.2. The van der Waals surface area contributed by atoms with Crippen LogP contribution in [0.2, 0.25) is 0 Å². The summed E-state index contributed by atoms with van der Waals surface area (Å²) in [6, 6.07) is 1.89. The number of nitrogens with zero attached hydrogens (tertiary/aromatic N) is 1. The molecule has 0 bridgehead atoms. The summed E-state index contributed by atoms with van der Waals surface area (Å²) in [5.74, 6) is -0.189. The molecule has 3 N–H and O–H groups in total. The molecule has 0 unspecified atom stereocenters. The van der Waals surface area contributed by atoms with Crippen molar-refractivity contribution in [3.63, 3.8) is 0 Å². The van der Waals surface area contributed by atoms with Gasteiger partial charge >= 0.3 is 0 Å². The van der Waals surface area contributed by atoms with E-state index < -0.39 is 0 Å². The van der Waals surface area contributed by atoms with Crippen molar-refractivity contribution < 1.29 is 4.79 Å². The summed E-state index contributed by atoms with van der Waals surface area (Å²) in [5, 5.41) is 3.32. The monoisotopic (exact) mass is 288 g/mol. The van der Waals surface area contributed by atoms with Gasteiger partial charge in [-0.1, -0.05) is 0 Å². The predicted octanol–water partition coefficient (Wildman–Crippen LogP) is 1.55. The summed E-state index contributed by atoms with van der Waals surface area (Å²) in [6.45, 7) is 2.21. The highest BCUT2D eigenvalue weighted by atomic mass is 32.1. The van der Waals surface area contributed by atoms with E-state index in [4.69, 9.17) is 0 Å². The van der Waals surface area contributed by atoms with Crippen molar-refractivity contribution in [1.29, 1.82) is 0 Å². The van der Waals surface area contributed by atoms with Crippen molar-refractivity contribution in [2.24, 2.45) is 0 Å². The molecule has 0 aliphatic rings. The molecule has 3 aromatic rings. The number of carbonyl (C=O) groups is 1. The third-order valence-corrected chi connectivity index (χ3v) is 4.25. The normalized spacial score (nSPS) is 10.8. The second-order valence-electron chi connectivity index (χ2n) is 4.37. The number of aromatic nitrogens is 3. The largest absolute Gasteiger partial charge is 0.367 e. The van der Waals surface area contributed by atoms with Gasteiger partial charge in [-0.15, -0.1) is 11.3 Å². The second kappa shape index (κ2) is 4.93. The van der Waals surface area contributed by atoms with Crippen LogP contribution in [0.5, 0.6) is 0 Å². The zero-order chi connectivity index (χ0) is 14.1. The summed E-state index contributed by atoms with van der Waals surface area (Å²) >= 11 is 1.23. The first-order valence-corrected chi connectivity index (χ1v) is 6.85. The van der Waals surface area contributed by atoms with Gasteiger partial charge in [-0.05, 0) is 24.1 Å². The van der Waals surface area contributed by atoms with E-state index in [0.29, 0.717) is 27.2 Å². The molecule has 0 fully saturated rings. The van der Waals surface area contributed by atoms with Crippen LogP contribution in [0.3, 0.4) is 0 Å². The van der Waals surface area contributed by atoms with Crippen LogP contribution in [0.1, 0.15) is 20.8 Å². The lowest BCUT2D eigenvalue weighted by Crippen LogP contribution is -2.22. The van der Waals surface area contributed by atoms with Crippen molar-refractivity contribution in [3.05, 3.63) is 51.1 Å². The van der Waals surface area contributed by atoms with Crippen LogP contribution in [0.25, 0.3) is 10.2 Å². The first-order chi connectivity index (χ1) is 9.66. The predicted molar refractivity (Wildman–Crippen MR) is 76.9 cm³/mol. The van der Waals surface area contributed by atoms with Crippen LogP contribution in [0, 0.1) is 6.92 Å². The fourth-order valence-corrected chi connectivity index (χ4v) is 3.09. The second-order valence-corrected chi connectivity index (χ2v) is 5.37. The first kappa shape index (κ1) is 12.6. The number of fused-ring (bicyclic) bond motifs is 1. The number of carbonyl (C=O) groups excluding carboxylic acids is 1. The molecule has 3 rings (SSSR count). The Balaban J connectivity index is 1.90. The van der Waals surface area contributed by atoms with Crippen molar-refractivity contribution in [2.75, 3.05) is 0 Å². The fourth-order valence-electron chi connectivity index (χ4n) is 2.03. The van der Waals surface area contributed by atoms with Crippen molar-refractivity contribution in [2.45, 2.75) is 13.5 Å². The van der Waals surface area contributed by atoms with Gasteiger partial charge in [0.1, 0.15) is 4.83 Å². The number of H-pyrrole nitrogens is 2. The molecule has 0 aliphatic carbocycles. The molecule has 3 heterocycles. The average Bonchev–Trinajstić information content (AvgIpc) is 3.05. The molecule has 0 aromatic carbocycles. The molecule has 1 amide bonds. The lowest BCUT2D eigenvalue weighted by molar-refractivity contribution is 0.0954. The summed E-state index contributed by atoms with van der Waals surface area (Å²) in [7, 11) is 0. The maximum atomic E-state index is 12.2. The molecule has 0 radical (unpaired) electrons. The molecule has 6 nitrogen and oxygen atoms in total. The topological polar surface area (TPSA) is 90.6 Å². The Bertz CT molecular complexity index is 817. The van der Waals surface area contributed by atoms with Gasteiger partial charge in [0.25, 0.3) is 11.5 Å². The maximum Gasteiger partial charge on any atom is 0.261 e. The molecule has 0 spiro atoms. The molecule has 20 heavy (non-hydrogen) atoms. The van der Waals surface area contributed by atoms with Gasteiger partial charge in [0.05, 0.1) is 16.6 Å². The third-order valence-electron chi connectivity index (χ3n) is 3.05. The number of nitrogens with one attached hydrogen (secondary N) is 3. The minimum atomic E-state index is -0.214. The standard InChI is InChI=1S/C13H12N4O2S/c1-7-9-11(18)16-6-17-13(9)20-10(7)12(19)15-5-8-2-3-14-4-8/h2-4,6,14H,5H2,1H3,(H,15,19)(H,16,17,18). The van der Waals surface area contributed by atoms with E-state index in [1.54, 1.807) is 13.1 Å². The number of amides is 1. The molecule has 0 saturated heterocycles. The van der Waals surface area contributed by atoms with Gasteiger partial charge in [0, 0.05) is 18.9 Å². The van der Waals surface area contributed by atoms with Crippen molar-refractivity contribution in [1.82, 2.24) is 20.3 Å². The minimum absolute atomic E-state index is 0.189. The fraction of sp³-hybridized carbons (Fsp3) is 0.154. The van der Waals surface area contributed by atoms with Crippen molar-refractivity contribution >= 4 is 27.5 Å². The quantitative estimate of drug-likeness (QED) is 0.683. The first-order valence-electron chi connectivity index (χ1n) is 6.03. The zero-order valence-corrected chi connectivity index (χ0v) is 11.5. The summed E-state index contributed by atoms with van der Waals surface area (Å²) in [6.07, 6.45) is 4.97. The van der Waals surface area contributed by atoms with E-state index in [2.05, 4.69) is 20.3 Å². The number of hydrogen-bond acceptors (Lipinski definition) is 4. The number of aryl methyl sites for hydroxylation is 1. The summed E-state index contributed by atoms with van der Waals surface area (Å²) in [5.41, 5.74) is 1.45. The highest BCUT2D eigenvalue weighted by Crippen LogP contribution is 2.26. The average molecular weight is 288 g/mol. The lowest BCUT2D eigenvalue weighted by Gasteiger charge is -2.02. The Morgan fingerprint density at radius 1 is 1.50 bits per heavy atom. The molecule has 102 valence electrons. The maximum absolute atomic E-state index is 12.2. The zero-order valence-electron chi connectivity index (χ0n) is 10.7. The number of hydrogen-bond donors (Lipinski definition) is 3. The molecule has 7 heteroatoms. The van der Waals surface area contributed by atoms with E-state index in [1.165, 1.54) is 17.7 Å². The van der Waals surface area contributed by atoms with Gasteiger partial charge in [-0.3, -0.25) is 9.59 Å². The molecule has 0 aliphatic heterocycles. The Kier molecular flexibility index (Phi) is 3.11. The van der Waals surface area contributed by atoms with E-state index in [0.717, 1.165) is 5.56 Å². The Morgan fingerprint density at radius 2 is 2.35 bits per heavy atom. The van der Waals surface area contributed by atoms with Crippen LogP contribution in [-0.4, -0.2) is 20.9 Å². The molecule has 0 saturated carbocycles. The van der Waals surface area contributed by atoms with Crippen LogP contribution >= 0.6 is 11.3 Å². The van der Waals surface area contributed by atoms with E-state index >= 15 is 0 Å². The highest BCUT2D eigenvalue weighted by Gasteiger charge is 2.17. The summed E-state index contributed by atoms with van der Waals surface area (Å²) in [4.78, 5) is 34.6. The minimum Gasteiger partial charge on any atom is -0.367 e. The third kappa shape index (κ3) is 2.12. The van der Waals surface area contributed by atoms with E-state index in [1.807, 2.05) is 12.3 Å². The molecular formula is C13H12N4O2S.